The van der Waals surface area contributed by atoms with Gasteiger partial charge in [0.2, 0.25) is 0 Å². The summed E-state index contributed by atoms with van der Waals surface area (Å²) in [6.07, 6.45) is -2.28. The maximum atomic E-state index is 12.3. The first-order chi connectivity index (χ1) is 17.2. The first-order valence-corrected chi connectivity index (χ1v) is 11.4. The molecule has 0 bridgehead atoms. The summed E-state index contributed by atoms with van der Waals surface area (Å²) in [5.41, 5.74) is 2.99. The van der Waals surface area contributed by atoms with Crippen LogP contribution in [0.2, 0.25) is 0 Å². The van der Waals surface area contributed by atoms with Gasteiger partial charge < -0.3 is 24.0 Å². The lowest BCUT2D eigenvalue weighted by Crippen LogP contribution is -2.31. The number of carboxylic acid groups (broad SMARTS) is 1. The van der Waals surface area contributed by atoms with Crippen molar-refractivity contribution < 1.29 is 37.4 Å². The molecule has 1 atom stereocenters. The van der Waals surface area contributed by atoms with Crippen LogP contribution in [0.15, 0.2) is 53.8 Å². The van der Waals surface area contributed by atoms with Gasteiger partial charge in [-0.2, -0.15) is 13.2 Å². The van der Waals surface area contributed by atoms with Crippen LogP contribution in [-0.2, 0) is 27.3 Å². The molecule has 0 aliphatic heterocycles. The lowest BCUT2D eigenvalue weighted by Gasteiger charge is -2.15. The van der Waals surface area contributed by atoms with E-state index in [1.54, 1.807) is 24.3 Å². The molecule has 0 saturated heterocycles. The molecule has 192 valence electrons. The van der Waals surface area contributed by atoms with Crippen LogP contribution in [-0.4, -0.2) is 58.9 Å². The molecule has 4 rings (SSSR count). The summed E-state index contributed by atoms with van der Waals surface area (Å²) < 4.78 is 49.4. The second-order valence-corrected chi connectivity index (χ2v) is 8.50. The van der Waals surface area contributed by atoms with Crippen molar-refractivity contribution in [2.24, 2.45) is 11.1 Å². The zero-order valence-corrected chi connectivity index (χ0v) is 19.6. The quantitative estimate of drug-likeness (QED) is 0.289. The van der Waals surface area contributed by atoms with Crippen molar-refractivity contribution >= 4 is 22.7 Å². The molecule has 11 heteroatoms. The van der Waals surface area contributed by atoms with E-state index in [1.165, 1.54) is 7.11 Å². The van der Waals surface area contributed by atoms with Gasteiger partial charge in [0.1, 0.15) is 37.4 Å². The van der Waals surface area contributed by atoms with E-state index in [4.69, 9.17) is 19.7 Å². The number of halogens is 3. The number of pyridine rings is 1. The monoisotopic (exact) mass is 505 g/mol. The molecule has 0 radical (unpaired) electrons. The lowest BCUT2D eigenvalue weighted by molar-refractivity contribution is -0.192. The van der Waals surface area contributed by atoms with Crippen molar-refractivity contribution in [1.82, 2.24) is 9.55 Å². The predicted molar refractivity (Wildman–Crippen MR) is 125 cm³/mol. The Balaban J connectivity index is 1.34. The zero-order chi connectivity index (χ0) is 25.7. The molecule has 1 N–H and O–H groups in total. The highest BCUT2D eigenvalue weighted by atomic mass is 19.4. The third-order valence-electron chi connectivity index (χ3n) is 5.70. The Labute approximate surface area is 205 Å². The second-order valence-electron chi connectivity index (χ2n) is 8.50. The van der Waals surface area contributed by atoms with Gasteiger partial charge in [-0.25, -0.2) is 9.78 Å². The molecule has 8 nitrogen and oxygen atoms in total. The van der Waals surface area contributed by atoms with Crippen LogP contribution in [0.25, 0.3) is 11.0 Å². The van der Waals surface area contributed by atoms with Gasteiger partial charge in [-0.3, -0.25) is 0 Å². The minimum Gasteiger partial charge on any atom is -0.492 e. The smallest absolute Gasteiger partial charge is 0.411 e. The van der Waals surface area contributed by atoms with Crippen LogP contribution in [0.5, 0.6) is 5.75 Å². The number of carbonyl (C=O) groups is 1. The zero-order valence-electron chi connectivity index (χ0n) is 19.6. The normalized spacial score (nSPS) is 15.2. The minimum atomic E-state index is -4.59. The molecular weight excluding hydrogens is 479 g/mol. The van der Waals surface area contributed by atoms with Gasteiger partial charge in [0.25, 0.3) is 0 Å². The number of aliphatic carboxylic acids is 1. The fourth-order valence-corrected chi connectivity index (χ4v) is 3.78. The molecule has 1 unspecified atom stereocenters. The number of alkyl halides is 3. The molecule has 1 saturated carbocycles. The van der Waals surface area contributed by atoms with E-state index < -0.39 is 24.9 Å². The summed E-state index contributed by atoms with van der Waals surface area (Å²) in [5.74, 6) is -0.519. The lowest BCUT2D eigenvalue weighted by atomic mass is 10.1. The predicted octanol–water partition coefficient (Wildman–Crippen LogP) is 4.45. The maximum Gasteiger partial charge on any atom is 0.411 e. The molecule has 1 aliphatic carbocycles. The molecule has 1 fully saturated rings. The Bertz CT molecular complexity index is 1220. The van der Waals surface area contributed by atoms with Gasteiger partial charge in [0.15, 0.2) is 6.10 Å². The van der Waals surface area contributed by atoms with Crippen LogP contribution in [0, 0.1) is 5.92 Å². The highest BCUT2D eigenvalue weighted by molar-refractivity contribution is 6.03. The first-order valence-electron chi connectivity index (χ1n) is 11.4. The Kier molecular flexibility index (Phi) is 7.78. The Morgan fingerprint density at radius 3 is 2.58 bits per heavy atom. The molecule has 1 aromatic carbocycles. The number of benzene rings is 1. The fraction of sp³-hybridized carbons (Fsp3) is 0.400. The summed E-state index contributed by atoms with van der Waals surface area (Å²) >= 11 is 0. The Morgan fingerprint density at radius 1 is 1.19 bits per heavy atom. The minimum absolute atomic E-state index is 0.190. The number of oxime groups is 1. The van der Waals surface area contributed by atoms with E-state index in [1.807, 2.05) is 29.0 Å². The number of rotatable bonds is 12. The van der Waals surface area contributed by atoms with E-state index in [0.29, 0.717) is 30.4 Å². The Morgan fingerprint density at radius 2 is 1.94 bits per heavy atom. The number of hydrogen-bond donors (Lipinski definition) is 1. The number of nitrogens with zero attached hydrogens (tertiary/aromatic N) is 3. The average Bonchev–Trinajstić information content (AvgIpc) is 3.60. The molecule has 3 aromatic rings. The number of carboxylic acids is 1. The van der Waals surface area contributed by atoms with Gasteiger partial charge in [0, 0.05) is 23.9 Å². The second kappa shape index (κ2) is 11.0. The van der Waals surface area contributed by atoms with Crippen molar-refractivity contribution in [3.05, 3.63) is 59.9 Å². The van der Waals surface area contributed by atoms with Crippen molar-refractivity contribution in [1.29, 1.82) is 0 Å². The fourth-order valence-electron chi connectivity index (χ4n) is 3.78. The van der Waals surface area contributed by atoms with Crippen molar-refractivity contribution in [3.8, 4) is 5.75 Å². The van der Waals surface area contributed by atoms with Crippen LogP contribution < -0.4 is 4.74 Å². The summed E-state index contributed by atoms with van der Waals surface area (Å²) in [4.78, 5) is 21.0. The van der Waals surface area contributed by atoms with Gasteiger partial charge in [-0.05, 0) is 48.7 Å². The van der Waals surface area contributed by atoms with Crippen LogP contribution in [0.4, 0.5) is 13.2 Å². The molecule has 36 heavy (non-hydrogen) atoms. The first kappa shape index (κ1) is 25.5. The highest BCUT2D eigenvalue weighted by Gasteiger charge is 2.32. The third-order valence-corrected chi connectivity index (χ3v) is 5.70. The summed E-state index contributed by atoms with van der Waals surface area (Å²) in [6.45, 7) is -0.728. The van der Waals surface area contributed by atoms with Gasteiger partial charge in [-0.15, -0.1) is 0 Å². The van der Waals surface area contributed by atoms with Crippen LogP contribution in [0.3, 0.4) is 0 Å². The highest BCUT2D eigenvalue weighted by Crippen LogP contribution is 2.33. The van der Waals surface area contributed by atoms with Crippen molar-refractivity contribution in [3.63, 3.8) is 0 Å². The molecular formula is C25H26F3N3O5. The average molecular weight is 505 g/mol. The molecule has 1 aliphatic rings. The SMILES string of the molecule is CO/N=C(/c1ccc2ccn(CCOc3ccc(CC(OCC(F)(F)F)C(=O)O)cc3)c2n1)C1CC1. The molecule has 2 aromatic heterocycles. The van der Waals surface area contributed by atoms with Gasteiger partial charge >= 0.3 is 12.1 Å². The molecule has 0 amide bonds. The number of hydrogen-bond acceptors (Lipinski definition) is 6. The summed E-state index contributed by atoms with van der Waals surface area (Å²) in [7, 11) is 1.53. The van der Waals surface area contributed by atoms with E-state index in [-0.39, 0.29) is 6.42 Å². The van der Waals surface area contributed by atoms with Gasteiger partial charge in [0.05, 0.1) is 12.2 Å². The van der Waals surface area contributed by atoms with Crippen LogP contribution >= 0.6 is 0 Å². The number of aromatic nitrogens is 2. The van der Waals surface area contributed by atoms with Crippen molar-refractivity contribution in [2.75, 3.05) is 20.3 Å². The Hall–Kier alpha value is -3.60. The van der Waals surface area contributed by atoms with Crippen LogP contribution in [0.1, 0.15) is 24.1 Å². The standard InChI is InChI=1S/C25H26F3N3O5/c1-34-30-22(17-4-5-17)20-9-6-18-10-11-31(23(18)29-20)12-13-35-19-7-2-16(3-8-19)14-21(24(32)33)36-15-25(26,27)28/h2-3,6-11,17,21H,4-5,12-15H2,1H3,(H,32,33)/b30-22+. The summed E-state index contributed by atoms with van der Waals surface area (Å²) in [5, 5.41) is 14.3. The van der Waals surface area contributed by atoms with E-state index in [9.17, 15) is 18.0 Å². The van der Waals surface area contributed by atoms with Gasteiger partial charge in [-0.1, -0.05) is 17.3 Å². The topological polar surface area (TPSA) is 95.2 Å². The van der Waals surface area contributed by atoms with E-state index >= 15 is 0 Å². The van der Waals surface area contributed by atoms with Crippen molar-refractivity contribution in [2.45, 2.75) is 38.1 Å². The molecule has 2 heterocycles. The number of ether oxygens (including phenoxy) is 2. The largest absolute Gasteiger partial charge is 0.492 e. The molecule has 0 spiro atoms. The van der Waals surface area contributed by atoms with E-state index in [0.717, 1.165) is 35.3 Å². The maximum absolute atomic E-state index is 12.3. The summed E-state index contributed by atoms with van der Waals surface area (Å²) in [6, 6.07) is 12.4. The number of fused-ring (bicyclic) bond motifs is 1. The third kappa shape index (κ3) is 6.75. The van der Waals surface area contributed by atoms with E-state index in [2.05, 4.69) is 9.89 Å².